The van der Waals surface area contributed by atoms with Crippen LogP contribution in [0.25, 0.3) is 0 Å². The third-order valence-corrected chi connectivity index (χ3v) is 3.00. The monoisotopic (exact) mass is 365 g/mol. The van der Waals surface area contributed by atoms with Crippen LogP contribution in [0.15, 0.2) is 23.2 Å². The van der Waals surface area contributed by atoms with Crippen molar-refractivity contribution in [2.45, 2.75) is 32.9 Å². The van der Waals surface area contributed by atoms with E-state index in [2.05, 4.69) is 48.6 Å². The maximum absolute atomic E-state index is 6.19. The molecule has 0 heterocycles. The molecule has 2 nitrogen and oxygen atoms in total. The van der Waals surface area contributed by atoms with Gasteiger partial charge < -0.3 is 10.1 Å². The van der Waals surface area contributed by atoms with Crippen LogP contribution in [0.2, 0.25) is 10.0 Å². The Balaban J connectivity index is 2.95. The van der Waals surface area contributed by atoms with Crippen molar-refractivity contribution in [1.29, 1.82) is 0 Å². The van der Waals surface area contributed by atoms with E-state index >= 15 is 0 Å². The summed E-state index contributed by atoms with van der Waals surface area (Å²) in [7, 11) is 0. The van der Waals surface area contributed by atoms with Crippen molar-refractivity contribution in [2.75, 3.05) is 6.61 Å². The topological polar surface area (TPSA) is 21.3 Å². The fourth-order valence-corrected chi connectivity index (χ4v) is 2.12. The number of hydrogen-bond donors (Lipinski definition) is 1. The molecule has 0 amide bonds. The Morgan fingerprint density at radius 1 is 1.37 bits per heavy atom. The Morgan fingerprint density at radius 2 is 2.00 bits per heavy atom. The molecule has 106 valence electrons. The summed E-state index contributed by atoms with van der Waals surface area (Å²) in [6.45, 7) is 11.0. The maximum Gasteiger partial charge on any atom is 0.143 e. The first-order valence-corrected chi connectivity index (χ1v) is 7.43. The highest BCUT2D eigenvalue weighted by Gasteiger charge is 2.14. The molecule has 5 heteroatoms. The van der Waals surface area contributed by atoms with Crippen molar-refractivity contribution in [3.05, 3.63) is 38.8 Å². The SMILES string of the molecule is C=C(Br)COc1c(Cl)cc(Cl)cc1CNC(C)(C)C. The molecular formula is C14H18BrCl2NO. The van der Waals surface area contributed by atoms with E-state index in [1.807, 2.05) is 6.07 Å². The molecule has 0 spiro atoms. The minimum Gasteiger partial charge on any atom is -0.486 e. The Morgan fingerprint density at radius 3 is 2.53 bits per heavy atom. The van der Waals surface area contributed by atoms with Gasteiger partial charge in [0.1, 0.15) is 12.4 Å². The zero-order chi connectivity index (χ0) is 14.6. The number of halogens is 3. The molecule has 0 atom stereocenters. The van der Waals surface area contributed by atoms with Crippen LogP contribution < -0.4 is 10.1 Å². The van der Waals surface area contributed by atoms with Crippen LogP contribution in [0.3, 0.4) is 0 Å². The lowest BCUT2D eigenvalue weighted by molar-refractivity contribution is 0.351. The average molecular weight is 367 g/mol. The van der Waals surface area contributed by atoms with Gasteiger partial charge in [-0.3, -0.25) is 0 Å². The van der Waals surface area contributed by atoms with Crippen molar-refractivity contribution in [1.82, 2.24) is 5.32 Å². The van der Waals surface area contributed by atoms with Crippen molar-refractivity contribution in [3.63, 3.8) is 0 Å². The van der Waals surface area contributed by atoms with E-state index in [9.17, 15) is 0 Å². The van der Waals surface area contributed by atoms with Crippen LogP contribution in [0, 0.1) is 0 Å². The molecule has 0 radical (unpaired) electrons. The summed E-state index contributed by atoms with van der Waals surface area (Å²) < 4.78 is 6.43. The zero-order valence-electron chi connectivity index (χ0n) is 11.3. The van der Waals surface area contributed by atoms with E-state index in [1.54, 1.807) is 6.07 Å². The molecular weight excluding hydrogens is 349 g/mol. The standard InChI is InChI=1S/C14H18BrCl2NO/c1-9(15)8-19-13-10(7-18-14(2,3)4)5-11(16)6-12(13)17/h5-6,18H,1,7-8H2,2-4H3. The van der Waals surface area contributed by atoms with Gasteiger partial charge in [-0.25, -0.2) is 0 Å². The van der Waals surface area contributed by atoms with E-state index in [1.165, 1.54) is 0 Å². The Kier molecular flexibility index (Phi) is 6.18. The van der Waals surface area contributed by atoms with Crippen LogP contribution in [0.4, 0.5) is 0 Å². The summed E-state index contributed by atoms with van der Waals surface area (Å²) in [4.78, 5) is 0. The molecule has 0 fully saturated rings. The molecule has 1 N–H and O–H groups in total. The first kappa shape index (κ1) is 16.8. The molecule has 0 aliphatic heterocycles. The lowest BCUT2D eigenvalue weighted by atomic mass is 10.1. The van der Waals surface area contributed by atoms with Crippen LogP contribution in [0.5, 0.6) is 5.75 Å². The number of nitrogens with one attached hydrogen (secondary N) is 1. The van der Waals surface area contributed by atoms with Crippen molar-refractivity contribution >= 4 is 39.1 Å². The molecule has 1 aromatic rings. The van der Waals surface area contributed by atoms with Gasteiger partial charge in [0, 0.05) is 27.2 Å². The van der Waals surface area contributed by atoms with E-state index in [0.717, 1.165) is 10.0 Å². The molecule has 0 aromatic heterocycles. The third-order valence-electron chi connectivity index (χ3n) is 2.27. The average Bonchev–Trinajstić information content (AvgIpc) is 2.23. The van der Waals surface area contributed by atoms with Crippen molar-refractivity contribution in [3.8, 4) is 5.75 Å². The minimum atomic E-state index is 0.00504. The highest BCUT2D eigenvalue weighted by atomic mass is 79.9. The second-order valence-corrected chi connectivity index (χ2v) is 7.25. The van der Waals surface area contributed by atoms with Gasteiger partial charge in [-0.15, -0.1) is 0 Å². The van der Waals surface area contributed by atoms with Gasteiger partial charge in [-0.1, -0.05) is 45.7 Å². The van der Waals surface area contributed by atoms with E-state index in [0.29, 0.717) is 28.9 Å². The smallest absolute Gasteiger partial charge is 0.143 e. The van der Waals surface area contributed by atoms with E-state index < -0.39 is 0 Å². The number of rotatable bonds is 5. The summed E-state index contributed by atoms with van der Waals surface area (Å²) in [6.07, 6.45) is 0. The summed E-state index contributed by atoms with van der Waals surface area (Å²) in [6, 6.07) is 3.54. The number of benzene rings is 1. The number of ether oxygens (including phenoxy) is 1. The normalized spacial score (nSPS) is 11.5. The first-order chi connectivity index (χ1) is 8.69. The van der Waals surface area contributed by atoms with Gasteiger partial charge in [0.05, 0.1) is 5.02 Å². The zero-order valence-corrected chi connectivity index (χ0v) is 14.4. The molecule has 0 aliphatic carbocycles. The molecule has 0 bridgehead atoms. The van der Waals surface area contributed by atoms with Crippen LogP contribution >= 0.6 is 39.1 Å². The fraction of sp³-hybridized carbons (Fsp3) is 0.429. The van der Waals surface area contributed by atoms with Crippen LogP contribution in [0.1, 0.15) is 26.3 Å². The van der Waals surface area contributed by atoms with Crippen molar-refractivity contribution in [2.24, 2.45) is 0 Å². The fourth-order valence-electron chi connectivity index (χ4n) is 1.42. The molecule has 0 saturated heterocycles. The minimum absolute atomic E-state index is 0.00504. The van der Waals surface area contributed by atoms with Crippen molar-refractivity contribution < 1.29 is 4.74 Å². The molecule has 1 aromatic carbocycles. The van der Waals surface area contributed by atoms with Gasteiger partial charge >= 0.3 is 0 Å². The summed E-state index contributed by atoms with van der Waals surface area (Å²) in [5.74, 6) is 0.642. The summed E-state index contributed by atoms with van der Waals surface area (Å²) >= 11 is 15.5. The van der Waals surface area contributed by atoms with Gasteiger partial charge in [-0.2, -0.15) is 0 Å². The van der Waals surface area contributed by atoms with Gasteiger partial charge in [0.2, 0.25) is 0 Å². The molecule has 0 aliphatic rings. The van der Waals surface area contributed by atoms with Gasteiger partial charge in [-0.05, 0) is 32.9 Å². The molecule has 0 unspecified atom stereocenters. The largest absolute Gasteiger partial charge is 0.486 e. The molecule has 19 heavy (non-hydrogen) atoms. The highest BCUT2D eigenvalue weighted by molar-refractivity contribution is 9.11. The molecule has 0 saturated carbocycles. The second-order valence-electron chi connectivity index (χ2n) is 5.29. The Hall–Kier alpha value is -0.220. The van der Waals surface area contributed by atoms with Crippen LogP contribution in [-0.4, -0.2) is 12.1 Å². The molecule has 1 rings (SSSR count). The van der Waals surface area contributed by atoms with E-state index in [4.69, 9.17) is 27.9 Å². The predicted molar refractivity (Wildman–Crippen MR) is 86.6 cm³/mol. The van der Waals surface area contributed by atoms with E-state index in [-0.39, 0.29) is 5.54 Å². The highest BCUT2D eigenvalue weighted by Crippen LogP contribution is 2.33. The van der Waals surface area contributed by atoms with Gasteiger partial charge in [0.15, 0.2) is 0 Å². The lowest BCUT2D eigenvalue weighted by Crippen LogP contribution is -2.35. The van der Waals surface area contributed by atoms with Crippen LogP contribution in [-0.2, 0) is 6.54 Å². The van der Waals surface area contributed by atoms with Gasteiger partial charge in [0.25, 0.3) is 0 Å². The predicted octanol–water partition coefficient (Wildman–Crippen LogP) is 5.17. The second kappa shape index (κ2) is 6.98. The Labute approximate surface area is 133 Å². The first-order valence-electron chi connectivity index (χ1n) is 5.88. The summed E-state index contributed by atoms with van der Waals surface area (Å²) in [5.41, 5.74) is 0.937. The quantitative estimate of drug-likeness (QED) is 0.776. The third kappa shape index (κ3) is 6.17. The lowest BCUT2D eigenvalue weighted by Gasteiger charge is -2.22. The summed E-state index contributed by atoms with van der Waals surface area (Å²) in [5, 5.41) is 4.49. The number of hydrogen-bond acceptors (Lipinski definition) is 2. The Bertz CT molecular complexity index is 469. The maximum atomic E-state index is 6.19.